The summed E-state index contributed by atoms with van der Waals surface area (Å²) in [5.41, 5.74) is 0.233. The Labute approximate surface area is 101 Å². The molecule has 0 amide bonds. The molecule has 17 heavy (non-hydrogen) atoms. The highest BCUT2D eigenvalue weighted by atomic mass is 16.5. The minimum absolute atomic E-state index is 0.233. The molecule has 1 aromatic heterocycles. The fourth-order valence-electron chi connectivity index (χ4n) is 1.54. The van der Waals surface area contributed by atoms with Crippen molar-refractivity contribution in [3.05, 3.63) is 23.7 Å². The fourth-order valence-corrected chi connectivity index (χ4v) is 1.54. The number of hydrogen-bond donors (Lipinski definition) is 2. The highest BCUT2D eigenvalue weighted by Crippen LogP contribution is 2.09. The quantitative estimate of drug-likeness (QED) is 0.646. The molecule has 0 saturated carbocycles. The average Bonchev–Trinajstić information content (AvgIpc) is 2.76. The molecule has 0 fully saturated rings. The summed E-state index contributed by atoms with van der Waals surface area (Å²) in [5, 5.41) is 12.0. The van der Waals surface area contributed by atoms with E-state index in [-0.39, 0.29) is 5.56 Å². The van der Waals surface area contributed by atoms with E-state index < -0.39 is 5.97 Å². The van der Waals surface area contributed by atoms with Crippen LogP contribution in [0.3, 0.4) is 0 Å². The van der Waals surface area contributed by atoms with Crippen LogP contribution < -0.4 is 5.32 Å². The van der Waals surface area contributed by atoms with Crippen LogP contribution in [-0.4, -0.2) is 31.3 Å². The predicted octanol–water partition coefficient (Wildman–Crippen LogP) is 1.88. The van der Waals surface area contributed by atoms with Crippen molar-refractivity contribution in [1.29, 1.82) is 0 Å². The van der Waals surface area contributed by atoms with Gasteiger partial charge in [0.15, 0.2) is 0 Å². The molecule has 1 aromatic rings. The van der Waals surface area contributed by atoms with Gasteiger partial charge in [0, 0.05) is 13.7 Å². The van der Waals surface area contributed by atoms with Crippen LogP contribution in [0.4, 0.5) is 0 Å². The molecule has 2 N–H and O–H groups in total. The lowest BCUT2D eigenvalue weighted by atomic mass is 10.2. The van der Waals surface area contributed by atoms with E-state index in [9.17, 15) is 4.79 Å². The van der Waals surface area contributed by atoms with Crippen molar-refractivity contribution >= 4 is 5.97 Å². The van der Waals surface area contributed by atoms with Crippen molar-refractivity contribution in [3.8, 4) is 0 Å². The van der Waals surface area contributed by atoms with Gasteiger partial charge in [0.25, 0.3) is 0 Å². The summed E-state index contributed by atoms with van der Waals surface area (Å²) in [6, 6.07) is 1.47. The number of hydrogen-bond acceptors (Lipinski definition) is 4. The average molecular weight is 241 g/mol. The molecular formula is C12H19NO4. The van der Waals surface area contributed by atoms with Gasteiger partial charge in [0.1, 0.15) is 11.3 Å². The zero-order valence-electron chi connectivity index (χ0n) is 10.1. The molecule has 0 bridgehead atoms. The third-order valence-electron chi connectivity index (χ3n) is 2.46. The van der Waals surface area contributed by atoms with Crippen LogP contribution in [0.15, 0.2) is 16.7 Å². The van der Waals surface area contributed by atoms with Gasteiger partial charge in [-0.2, -0.15) is 0 Å². The van der Waals surface area contributed by atoms with E-state index in [2.05, 4.69) is 5.32 Å². The lowest BCUT2D eigenvalue weighted by Crippen LogP contribution is -2.16. The number of nitrogens with one attached hydrogen (secondary N) is 1. The molecule has 0 saturated heterocycles. The van der Waals surface area contributed by atoms with E-state index in [1.165, 1.54) is 12.3 Å². The second kappa shape index (κ2) is 7.86. The lowest BCUT2D eigenvalue weighted by molar-refractivity contribution is 0.0694. The summed E-state index contributed by atoms with van der Waals surface area (Å²) < 4.78 is 10.1. The standard InChI is InChI=1S/C12H19NO4/c1-16-7-4-2-3-6-13-9-11-10(12(14)15)5-8-17-11/h5,8,13H,2-4,6-7,9H2,1H3,(H,14,15). The van der Waals surface area contributed by atoms with Crippen molar-refractivity contribution in [2.45, 2.75) is 25.8 Å². The summed E-state index contributed by atoms with van der Waals surface area (Å²) in [5.74, 6) is -0.468. The van der Waals surface area contributed by atoms with Gasteiger partial charge in [0.05, 0.1) is 12.8 Å². The SMILES string of the molecule is COCCCCCNCc1occc1C(=O)O. The van der Waals surface area contributed by atoms with Gasteiger partial charge >= 0.3 is 5.97 Å². The fraction of sp³-hybridized carbons (Fsp3) is 0.583. The Morgan fingerprint density at radius 2 is 2.29 bits per heavy atom. The normalized spacial score (nSPS) is 10.6. The smallest absolute Gasteiger partial charge is 0.339 e. The van der Waals surface area contributed by atoms with Gasteiger partial charge < -0.3 is 19.6 Å². The lowest BCUT2D eigenvalue weighted by Gasteiger charge is -2.03. The Balaban J connectivity index is 2.14. The molecule has 0 aliphatic carbocycles. The second-order valence-corrected chi connectivity index (χ2v) is 3.79. The molecule has 0 unspecified atom stereocenters. The first-order valence-corrected chi connectivity index (χ1v) is 5.75. The number of ether oxygens (including phenoxy) is 1. The predicted molar refractivity (Wildman–Crippen MR) is 63.1 cm³/mol. The van der Waals surface area contributed by atoms with Crippen LogP contribution in [0.5, 0.6) is 0 Å². The van der Waals surface area contributed by atoms with Gasteiger partial charge in [-0.05, 0) is 31.9 Å². The summed E-state index contributed by atoms with van der Waals surface area (Å²) in [6.45, 7) is 2.10. The van der Waals surface area contributed by atoms with E-state index in [1.54, 1.807) is 7.11 Å². The van der Waals surface area contributed by atoms with Crippen LogP contribution in [0.1, 0.15) is 35.4 Å². The largest absolute Gasteiger partial charge is 0.478 e. The van der Waals surface area contributed by atoms with Crippen LogP contribution in [0.2, 0.25) is 0 Å². The van der Waals surface area contributed by atoms with Crippen LogP contribution in [0.25, 0.3) is 0 Å². The number of carbonyl (C=O) groups is 1. The maximum atomic E-state index is 10.8. The maximum absolute atomic E-state index is 10.8. The summed E-state index contributed by atoms with van der Waals surface area (Å²) in [4.78, 5) is 10.8. The van der Waals surface area contributed by atoms with Gasteiger partial charge in [-0.3, -0.25) is 0 Å². The minimum Gasteiger partial charge on any atom is -0.478 e. The number of rotatable bonds is 9. The van der Waals surface area contributed by atoms with Crippen molar-refractivity contribution in [2.75, 3.05) is 20.3 Å². The molecule has 0 radical (unpaired) electrons. The molecule has 0 aliphatic heterocycles. The van der Waals surface area contributed by atoms with Gasteiger partial charge in [-0.1, -0.05) is 0 Å². The van der Waals surface area contributed by atoms with Gasteiger partial charge in [-0.25, -0.2) is 4.79 Å². The summed E-state index contributed by atoms with van der Waals surface area (Å²) in [6.07, 6.45) is 4.61. The molecule has 0 atom stereocenters. The van der Waals surface area contributed by atoms with Gasteiger partial charge in [-0.15, -0.1) is 0 Å². The molecule has 1 heterocycles. The molecule has 5 heteroatoms. The Kier molecular flexibility index (Phi) is 6.35. The van der Waals surface area contributed by atoms with E-state index >= 15 is 0 Å². The summed E-state index contributed by atoms with van der Waals surface area (Å²) >= 11 is 0. The maximum Gasteiger partial charge on any atom is 0.339 e. The minimum atomic E-state index is -0.948. The monoisotopic (exact) mass is 241 g/mol. The zero-order chi connectivity index (χ0) is 12.5. The highest BCUT2D eigenvalue weighted by molar-refractivity contribution is 5.88. The second-order valence-electron chi connectivity index (χ2n) is 3.79. The van der Waals surface area contributed by atoms with Crippen molar-refractivity contribution < 1.29 is 19.1 Å². The number of aromatic carboxylic acids is 1. The van der Waals surface area contributed by atoms with Gasteiger partial charge in [0.2, 0.25) is 0 Å². The first-order chi connectivity index (χ1) is 8.25. The molecule has 96 valence electrons. The van der Waals surface area contributed by atoms with Crippen LogP contribution in [-0.2, 0) is 11.3 Å². The molecular weight excluding hydrogens is 222 g/mol. The van der Waals surface area contributed by atoms with E-state index in [4.69, 9.17) is 14.3 Å². The number of unbranched alkanes of at least 4 members (excludes halogenated alkanes) is 2. The van der Waals surface area contributed by atoms with E-state index in [0.29, 0.717) is 12.3 Å². The highest BCUT2D eigenvalue weighted by Gasteiger charge is 2.12. The Hall–Kier alpha value is -1.33. The van der Waals surface area contributed by atoms with E-state index in [0.717, 1.165) is 32.4 Å². The number of carboxylic acid groups (broad SMARTS) is 1. The first kappa shape index (κ1) is 13.7. The first-order valence-electron chi connectivity index (χ1n) is 5.75. The van der Waals surface area contributed by atoms with E-state index in [1.807, 2.05) is 0 Å². The van der Waals surface area contributed by atoms with Crippen LogP contribution >= 0.6 is 0 Å². The third kappa shape index (κ3) is 5.01. The molecule has 5 nitrogen and oxygen atoms in total. The van der Waals surface area contributed by atoms with Crippen molar-refractivity contribution in [3.63, 3.8) is 0 Å². The summed E-state index contributed by atoms with van der Waals surface area (Å²) in [7, 11) is 1.70. The number of methoxy groups -OCH3 is 1. The van der Waals surface area contributed by atoms with Crippen LogP contribution in [0, 0.1) is 0 Å². The molecule has 0 aliphatic rings. The number of carboxylic acids is 1. The Bertz CT molecular complexity index is 335. The zero-order valence-corrected chi connectivity index (χ0v) is 10.1. The number of furan rings is 1. The third-order valence-corrected chi connectivity index (χ3v) is 2.46. The van der Waals surface area contributed by atoms with Crippen molar-refractivity contribution in [1.82, 2.24) is 5.32 Å². The molecule has 0 aromatic carbocycles. The Morgan fingerprint density at radius 1 is 1.47 bits per heavy atom. The Morgan fingerprint density at radius 3 is 3.00 bits per heavy atom. The topological polar surface area (TPSA) is 71.7 Å². The molecule has 0 spiro atoms. The van der Waals surface area contributed by atoms with Crippen molar-refractivity contribution in [2.24, 2.45) is 0 Å². The molecule has 1 rings (SSSR count).